The zero-order valence-electron chi connectivity index (χ0n) is 15.8. The highest BCUT2D eigenvalue weighted by Crippen LogP contribution is 2.22. The van der Waals surface area contributed by atoms with Crippen molar-refractivity contribution >= 4 is 34.0 Å². The molecule has 3 N–H and O–H groups in total. The van der Waals surface area contributed by atoms with Crippen LogP contribution in [0.5, 0.6) is 5.75 Å². The van der Waals surface area contributed by atoms with E-state index < -0.39 is 0 Å². The van der Waals surface area contributed by atoms with Crippen LogP contribution in [0.4, 0.5) is 10.8 Å². The van der Waals surface area contributed by atoms with E-state index in [4.69, 9.17) is 4.74 Å². The van der Waals surface area contributed by atoms with Gasteiger partial charge in [0.25, 0.3) is 5.91 Å². The van der Waals surface area contributed by atoms with Gasteiger partial charge in [-0.25, -0.2) is 4.98 Å². The van der Waals surface area contributed by atoms with E-state index in [1.54, 1.807) is 24.9 Å². The summed E-state index contributed by atoms with van der Waals surface area (Å²) in [6.07, 6.45) is 3.54. The van der Waals surface area contributed by atoms with Crippen molar-refractivity contribution in [2.75, 3.05) is 19.0 Å². The summed E-state index contributed by atoms with van der Waals surface area (Å²) in [5.74, 6) is 0.313. The van der Waals surface area contributed by atoms with Crippen LogP contribution in [-0.2, 0) is 11.3 Å². The number of carbonyl (C=O) groups excluding carboxylic acids is 2. The van der Waals surface area contributed by atoms with Crippen molar-refractivity contribution in [3.63, 3.8) is 0 Å². The minimum atomic E-state index is -0.314. The minimum absolute atomic E-state index is 0.137. The molecule has 2 aromatic heterocycles. The van der Waals surface area contributed by atoms with Gasteiger partial charge in [-0.3, -0.25) is 14.6 Å². The number of thiazole rings is 1. The van der Waals surface area contributed by atoms with Gasteiger partial charge in [0.1, 0.15) is 11.4 Å². The number of methoxy groups -OCH3 is 1. The van der Waals surface area contributed by atoms with Crippen molar-refractivity contribution in [2.24, 2.45) is 0 Å². The molecule has 0 aliphatic carbocycles. The molecular formula is C20H21N5O3S. The predicted molar refractivity (Wildman–Crippen MR) is 111 cm³/mol. The molecule has 2 amide bonds. The van der Waals surface area contributed by atoms with Crippen LogP contribution >= 0.6 is 11.3 Å². The van der Waals surface area contributed by atoms with Crippen LogP contribution in [0.3, 0.4) is 0 Å². The van der Waals surface area contributed by atoms with Crippen LogP contribution in [0, 0.1) is 0 Å². The van der Waals surface area contributed by atoms with E-state index in [1.165, 1.54) is 11.3 Å². The first-order valence-electron chi connectivity index (χ1n) is 8.94. The molecule has 0 unspecified atom stereocenters. The highest BCUT2D eigenvalue weighted by Gasteiger charge is 2.11. The maximum atomic E-state index is 12.2. The number of rotatable bonds is 9. The van der Waals surface area contributed by atoms with E-state index in [2.05, 4.69) is 25.9 Å². The molecule has 3 rings (SSSR count). The largest absolute Gasteiger partial charge is 0.497 e. The number of nitrogens with zero attached hydrogens (tertiary/aromatic N) is 2. The first-order chi connectivity index (χ1) is 14.1. The number of aromatic nitrogens is 2. The Hall–Kier alpha value is -3.46. The number of hydrogen-bond donors (Lipinski definition) is 3. The van der Waals surface area contributed by atoms with Gasteiger partial charge < -0.3 is 20.7 Å². The molecule has 0 spiro atoms. The lowest BCUT2D eigenvalue weighted by Gasteiger charge is -2.06. The maximum absolute atomic E-state index is 12.2. The summed E-state index contributed by atoms with van der Waals surface area (Å²) in [7, 11) is 1.61. The average Bonchev–Trinajstić information content (AvgIpc) is 3.22. The van der Waals surface area contributed by atoms with Gasteiger partial charge in [0.05, 0.1) is 7.11 Å². The summed E-state index contributed by atoms with van der Waals surface area (Å²) >= 11 is 1.33. The molecule has 0 atom stereocenters. The van der Waals surface area contributed by atoms with Crippen LogP contribution in [-0.4, -0.2) is 35.4 Å². The van der Waals surface area contributed by atoms with Crippen LogP contribution in [0.25, 0.3) is 0 Å². The number of pyridine rings is 1. The van der Waals surface area contributed by atoms with Crippen molar-refractivity contribution in [3.8, 4) is 5.75 Å². The maximum Gasteiger partial charge on any atom is 0.270 e. The number of hydrogen-bond acceptors (Lipinski definition) is 7. The number of carbonyl (C=O) groups is 2. The van der Waals surface area contributed by atoms with Crippen LogP contribution in [0.1, 0.15) is 22.5 Å². The van der Waals surface area contributed by atoms with Gasteiger partial charge >= 0.3 is 0 Å². The second-order valence-corrected chi connectivity index (χ2v) is 6.89. The quantitative estimate of drug-likeness (QED) is 0.500. The molecular weight excluding hydrogens is 390 g/mol. The van der Waals surface area contributed by atoms with Crippen molar-refractivity contribution in [2.45, 2.75) is 13.0 Å². The van der Waals surface area contributed by atoms with Gasteiger partial charge in [0, 0.05) is 43.0 Å². The molecule has 0 fully saturated rings. The zero-order valence-corrected chi connectivity index (χ0v) is 16.7. The smallest absolute Gasteiger partial charge is 0.270 e. The van der Waals surface area contributed by atoms with Crippen molar-refractivity contribution in [3.05, 3.63) is 65.4 Å². The Bertz CT molecular complexity index is 944. The molecule has 1 aromatic carbocycles. The van der Waals surface area contributed by atoms with Gasteiger partial charge in [-0.2, -0.15) is 0 Å². The molecule has 0 radical (unpaired) electrons. The molecule has 9 heteroatoms. The van der Waals surface area contributed by atoms with Crippen molar-refractivity contribution in [1.29, 1.82) is 0 Å². The molecule has 0 saturated carbocycles. The third-order valence-electron chi connectivity index (χ3n) is 3.95. The molecule has 0 aliphatic rings. The Labute approximate surface area is 172 Å². The Morgan fingerprint density at radius 2 is 1.83 bits per heavy atom. The minimum Gasteiger partial charge on any atom is -0.497 e. The second kappa shape index (κ2) is 10.2. The van der Waals surface area contributed by atoms with Crippen LogP contribution in [0.2, 0.25) is 0 Å². The summed E-state index contributed by atoms with van der Waals surface area (Å²) in [6.45, 7) is 0.668. The number of ether oxygens (including phenoxy) is 1. The third kappa shape index (κ3) is 6.28. The highest BCUT2D eigenvalue weighted by molar-refractivity contribution is 7.14. The van der Waals surface area contributed by atoms with E-state index in [0.29, 0.717) is 17.4 Å². The van der Waals surface area contributed by atoms with Crippen molar-refractivity contribution in [1.82, 2.24) is 20.6 Å². The van der Waals surface area contributed by atoms with Gasteiger partial charge in [0.2, 0.25) is 5.91 Å². The predicted octanol–water partition coefficient (Wildman–Crippen LogP) is 2.73. The van der Waals surface area contributed by atoms with E-state index in [0.717, 1.165) is 17.0 Å². The van der Waals surface area contributed by atoms with E-state index >= 15 is 0 Å². The molecule has 150 valence electrons. The fourth-order valence-electron chi connectivity index (χ4n) is 2.40. The summed E-state index contributed by atoms with van der Waals surface area (Å²) in [6, 6.07) is 11.1. The standard InChI is InChI=1S/C20H21N5O3S/c1-28-16-4-2-15(3-5-16)24-20-25-17(13-29-20)19(27)22-11-8-18(26)23-12-14-6-9-21-10-7-14/h2-7,9-10,13H,8,11-12H2,1H3,(H,22,27)(H,23,26)(H,24,25). The molecule has 3 aromatic rings. The van der Waals surface area contributed by atoms with Crippen LogP contribution < -0.4 is 20.7 Å². The zero-order chi connectivity index (χ0) is 20.5. The van der Waals surface area contributed by atoms with E-state index in [1.807, 2.05) is 36.4 Å². The Balaban J connectivity index is 1.41. The first-order valence-corrected chi connectivity index (χ1v) is 9.82. The fourth-order valence-corrected chi connectivity index (χ4v) is 3.11. The monoisotopic (exact) mass is 411 g/mol. The average molecular weight is 411 g/mol. The van der Waals surface area contributed by atoms with Crippen LogP contribution in [0.15, 0.2) is 54.2 Å². The Kier molecular flexibility index (Phi) is 7.12. The Morgan fingerprint density at radius 3 is 2.55 bits per heavy atom. The summed E-state index contributed by atoms with van der Waals surface area (Å²) in [5.41, 5.74) is 2.12. The molecule has 8 nitrogen and oxygen atoms in total. The molecule has 0 aliphatic heterocycles. The fraction of sp³-hybridized carbons (Fsp3) is 0.200. The lowest BCUT2D eigenvalue weighted by atomic mass is 10.2. The topological polar surface area (TPSA) is 105 Å². The van der Waals surface area contributed by atoms with Crippen molar-refractivity contribution < 1.29 is 14.3 Å². The van der Waals surface area contributed by atoms with E-state index in [9.17, 15) is 9.59 Å². The summed E-state index contributed by atoms with van der Waals surface area (Å²) in [5, 5.41) is 10.9. The number of amides is 2. The SMILES string of the molecule is COc1ccc(Nc2nc(C(=O)NCCC(=O)NCc3ccncc3)cs2)cc1. The number of benzene rings is 1. The molecule has 29 heavy (non-hydrogen) atoms. The van der Waals surface area contributed by atoms with Gasteiger partial charge in [-0.05, 0) is 42.0 Å². The summed E-state index contributed by atoms with van der Waals surface area (Å²) in [4.78, 5) is 32.3. The van der Waals surface area contributed by atoms with Gasteiger partial charge in [-0.15, -0.1) is 11.3 Å². The third-order valence-corrected chi connectivity index (χ3v) is 4.71. The number of anilines is 2. The lowest BCUT2D eigenvalue weighted by molar-refractivity contribution is -0.121. The number of nitrogens with one attached hydrogen (secondary N) is 3. The molecule has 2 heterocycles. The molecule has 0 bridgehead atoms. The Morgan fingerprint density at radius 1 is 1.07 bits per heavy atom. The second-order valence-electron chi connectivity index (χ2n) is 6.03. The lowest BCUT2D eigenvalue weighted by Crippen LogP contribution is -2.30. The summed E-state index contributed by atoms with van der Waals surface area (Å²) < 4.78 is 5.12. The van der Waals surface area contributed by atoms with E-state index in [-0.39, 0.29) is 24.8 Å². The van der Waals surface area contributed by atoms with Gasteiger partial charge in [0.15, 0.2) is 5.13 Å². The van der Waals surface area contributed by atoms with Gasteiger partial charge in [-0.1, -0.05) is 0 Å². The first kappa shape index (κ1) is 20.3. The normalized spacial score (nSPS) is 10.2. The molecule has 0 saturated heterocycles. The highest BCUT2D eigenvalue weighted by atomic mass is 32.1.